The number of ether oxygens (including phenoxy) is 1. The van der Waals surface area contributed by atoms with Crippen molar-refractivity contribution in [3.63, 3.8) is 0 Å². The van der Waals surface area contributed by atoms with Gasteiger partial charge in [0, 0.05) is 58.8 Å². The zero-order chi connectivity index (χ0) is 32.1. The third-order valence-corrected chi connectivity index (χ3v) is 8.15. The summed E-state index contributed by atoms with van der Waals surface area (Å²) in [6.07, 6.45) is 0.708. The molecular formula is C30H40F2N8O3Si. The first-order valence-corrected chi connectivity index (χ1v) is 18.1. The van der Waals surface area contributed by atoms with E-state index in [1.807, 2.05) is 10.8 Å². The fourth-order valence-electron chi connectivity index (χ4n) is 4.34. The average molecular weight is 627 g/mol. The fraction of sp³-hybridized carbons (Fsp3) is 0.433. The van der Waals surface area contributed by atoms with Crippen LogP contribution in [0.1, 0.15) is 38.5 Å². The molecule has 0 aromatic carbocycles. The van der Waals surface area contributed by atoms with E-state index in [-0.39, 0.29) is 29.9 Å². The molecule has 236 valence electrons. The maximum atomic E-state index is 13.5. The van der Waals surface area contributed by atoms with Crippen molar-refractivity contribution in [2.45, 2.75) is 71.8 Å². The zero-order valence-electron chi connectivity index (χ0n) is 25.9. The molecule has 0 fully saturated rings. The Labute approximate surface area is 256 Å². The highest BCUT2D eigenvalue weighted by Gasteiger charge is 2.21. The van der Waals surface area contributed by atoms with Crippen molar-refractivity contribution in [1.82, 2.24) is 29.8 Å². The smallest absolute Gasteiger partial charge is 0.280 e. The summed E-state index contributed by atoms with van der Waals surface area (Å²) in [6, 6.07) is 8.71. The van der Waals surface area contributed by atoms with E-state index >= 15 is 0 Å². The summed E-state index contributed by atoms with van der Waals surface area (Å²) in [5, 5.41) is 20.2. The summed E-state index contributed by atoms with van der Waals surface area (Å²) in [7, 11) is -1.32. The molecule has 0 saturated carbocycles. The number of nitrogens with zero attached hydrogens (tertiary/aromatic N) is 5. The summed E-state index contributed by atoms with van der Waals surface area (Å²) < 4.78 is 35.0. The Morgan fingerprint density at radius 2 is 1.93 bits per heavy atom. The van der Waals surface area contributed by atoms with Crippen LogP contribution in [0.4, 0.5) is 26.1 Å². The molecule has 0 aliphatic heterocycles. The Hall–Kier alpha value is -3.85. The standard InChI is InChI=1S/C30H40F2N8O3Si/c1-19(41)35-24-14-21(10-11-34-24)36-28-25-20(15-33-17-30(2,3)42)16-40(18-43-12-13-44(4,5)6)29(25)39-27(38-28)23-9-7-8-22(37-23)26(31)32/h7-11,14,16,26,33,42H,12-13,15,17-18H2,1-6H3,(H2,34,35,36,38,39,41). The molecule has 4 aromatic heterocycles. The van der Waals surface area contributed by atoms with E-state index in [1.54, 1.807) is 38.2 Å². The Balaban J connectivity index is 1.84. The number of hydrogen-bond acceptors (Lipinski definition) is 9. The molecule has 0 atom stereocenters. The molecule has 1 amide bonds. The second kappa shape index (κ2) is 13.8. The van der Waals surface area contributed by atoms with Gasteiger partial charge in [-0.05, 0) is 43.7 Å². The predicted octanol–water partition coefficient (Wildman–Crippen LogP) is 5.70. The van der Waals surface area contributed by atoms with Gasteiger partial charge in [0.05, 0.1) is 11.0 Å². The van der Waals surface area contributed by atoms with E-state index in [4.69, 9.17) is 14.7 Å². The van der Waals surface area contributed by atoms with E-state index in [1.165, 1.54) is 19.1 Å². The Kier molecular flexibility index (Phi) is 10.4. The van der Waals surface area contributed by atoms with Gasteiger partial charge in [0.2, 0.25) is 5.91 Å². The number of aromatic nitrogens is 5. The van der Waals surface area contributed by atoms with Gasteiger partial charge in [-0.2, -0.15) is 0 Å². The van der Waals surface area contributed by atoms with Crippen molar-refractivity contribution in [2.24, 2.45) is 0 Å². The highest BCUT2D eigenvalue weighted by molar-refractivity contribution is 6.76. The number of pyridine rings is 2. The Morgan fingerprint density at radius 3 is 2.61 bits per heavy atom. The summed E-state index contributed by atoms with van der Waals surface area (Å²) in [6.45, 7) is 13.2. The largest absolute Gasteiger partial charge is 0.389 e. The fourth-order valence-corrected chi connectivity index (χ4v) is 5.10. The number of alkyl halides is 2. The first kappa shape index (κ1) is 33.0. The lowest BCUT2D eigenvalue weighted by Gasteiger charge is -2.17. The van der Waals surface area contributed by atoms with E-state index < -0.39 is 20.1 Å². The van der Waals surface area contributed by atoms with Crippen LogP contribution in [0, 0.1) is 0 Å². The van der Waals surface area contributed by atoms with Gasteiger partial charge in [-0.1, -0.05) is 25.7 Å². The second-order valence-electron chi connectivity index (χ2n) is 12.5. The SMILES string of the molecule is CC(=O)Nc1cc(Nc2nc(-c3cccc(C(F)F)n3)nc3c2c(CNCC(C)(C)O)cn3COCC[Si](C)(C)C)ccn1. The van der Waals surface area contributed by atoms with Crippen LogP contribution in [0.3, 0.4) is 0 Å². The van der Waals surface area contributed by atoms with E-state index in [0.717, 1.165) is 11.6 Å². The summed E-state index contributed by atoms with van der Waals surface area (Å²) in [5.41, 5.74) is 0.815. The molecule has 4 heterocycles. The van der Waals surface area contributed by atoms with Gasteiger partial charge >= 0.3 is 0 Å². The molecule has 44 heavy (non-hydrogen) atoms. The zero-order valence-corrected chi connectivity index (χ0v) is 26.9. The number of amides is 1. The molecule has 14 heteroatoms. The molecule has 0 spiro atoms. The summed E-state index contributed by atoms with van der Waals surface area (Å²) in [5.74, 6) is 0.628. The minimum Gasteiger partial charge on any atom is -0.389 e. The van der Waals surface area contributed by atoms with Crippen LogP contribution < -0.4 is 16.0 Å². The molecule has 0 saturated heterocycles. The maximum absolute atomic E-state index is 13.5. The third-order valence-electron chi connectivity index (χ3n) is 6.44. The quantitative estimate of drug-likeness (QED) is 0.103. The van der Waals surface area contributed by atoms with E-state index in [2.05, 4.69) is 45.6 Å². The van der Waals surface area contributed by atoms with Gasteiger partial charge in [-0.15, -0.1) is 0 Å². The number of hydrogen-bond donors (Lipinski definition) is 4. The molecule has 4 aromatic rings. The number of anilines is 3. The molecule has 11 nitrogen and oxygen atoms in total. The van der Waals surface area contributed by atoms with Gasteiger partial charge in [0.1, 0.15) is 35.4 Å². The molecule has 4 N–H and O–H groups in total. The summed E-state index contributed by atoms with van der Waals surface area (Å²) in [4.78, 5) is 29.5. The maximum Gasteiger partial charge on any atom is 0.280 e. The van der Waals surface area contributed by atoms with Crippen molar-refractivity contribution in [3.8, 4) is 11.5 Å². The number of carbonyl (C=O) groups excluding carboxylic acids is 1. The predicted molar refractivity (Wildman–Crippen MR) is 170 cm³/mol. The molecular weight excluding hydrogens is 586 g/mol. The highest BCUT2D eigenvalue weighted by Crippen LogP contribution is 2.32. The molecule has 4 rings (SSSR count). The molecule has 0 bridgehead atoms. The minimum absolute atomic E-state index is 0.149. The van der Waals surface area contributed by atoms with Gasteiger partial charge < -0.3 is 30.4 Å². The number of fused-ring (bicyclic) bond motifs is 1. The van der Waals surface area contributed by atoms with Crippen LogP contribution in [0.25, 0.3) is 22.6 Å². The topological polar surface area (TPSA) is 139 Å². The first-order chi connectivity index (χ1) is 20.7. The van der Waals surface area contributed by atoms with Crippen molar-refractivity contribution in [2.75, 3.05) is 23.8 Å². The van der Waals surface area contributed by atoms with E-state index in [9.17, 15) is 18.7 Å². The Bertz CT molecular complexity index is 1600. The van der Waals surface area contributed by atoms with Crippen LogP contribution >= 0.6 is 0 Å². The van der Waals surface area contributed by atoms with Crippen molar-refractivity contribution in [1.29, 1.82) is 0 Å². The van der Waals surface area contributed by atoms with Crippen LogP contribution in [0.2, 0.25) is 25.7 Å². The molecule has 0 aliphatic carbocycles. The van der Waals surface area contributed by atoms with Crippen molar-refractivity contribution >= 4 is 42.3 Å². The van der Waals surface area contributed by atoms with Crippen LogP contribution in [-0.2, 0) is 22.8 Å². The van der Waals surface area contributed by atoms with Gasteiger partial charge in [0.15, 0.2) is 5.82 Å². The second-order valence-corrected chi connectivity index (χ2v) is 18.1. The van der Waals surface area contributed by atoms with Gasteiger partial charge in [0.25, 0.3) is 6.43 Å². The number of nitrogens with one attached hydrogen (secondary N) is 3. The lowest BCUT2D eigenvalue weighted by Crippen LogP contribution is -2.34. The molecule has 0 radical (unpaired) electrons. The number of aliphatic hydroxyl groups is 1. The summed E-state index contributed by atoms with van der Waals surface area (Å²) >= 11 is 0. The van der Waals surface area contributed by atoms with E-state index in [0.29, 0.717) is 48.1 Å². The van der Waals surface area contributed by atoms with Crippen molar-refractivity contribution in [3.05, 3.63) is 54.0 Å². The number of halogens is 2. The van der Waals surface area contributed by atoms with Crippen molar-refractivity contribution < 1.29 is 23.4 Å². The first-order valence-electron chi connectivity index (χ1n) is 14.4. The van der Waals surface area contributed by atoms with Crippen LogP contribution in [-0.4, -0.2) is 62.3 Å². The highest BCUT2D eigenvalue weighted by atomic mass is 28.3. The number of rotatable bonds is 14. The van der Waals surface area contributed by atoms with Gasteiger partial charge in [-0.3, -0.25) is 4.79 Å². The molecule has 0 unspecified atom stereocenters. The van der Waals surface area contributed by atoms with Crippen LogP contribution in [0.15, 0.2) is 42.7 Å². The Morgan fingerprint density at radius 1 is 1.16 bits per heavy atom. The minimum atomic E-state index is -2.75. The third kappa shape index (κ3) is 9.32. The molecule has 0 aliphatic rings. The number of carbonyl (C=O) groups is 1. The van der Waals surface area contributed by atoms with Gasteiger partial charge in [-0.25, -0.2) is 28.7 Å². The normalized spacial score (nSPS) is 12.2. The lowest BCUT2D eigenvalue weighted by atomic mass is 10.1. The van der Waals surface area contributed by atoms with Crippen LogP contribution in [0.5, 0.6) is 0 Å². The lowest BCUT2D eigenvalue weighted by molar-refractivity contribution is -0.114. The monoisotopic (exact) mass is 626 g/mol. The average Bonchev–Trinajstić information content (AvgIpc) is 3.27.